The van der Waals surface area contributed by atoms with Crippen LogP contribution in [0.2, 0.25) is 0 Å². The van der Waals surface area contributed by atoms with Gasteiger partial charge in [0, 0.05) is 25.5 Å². The fourth-order valence-corrected chi connectivity index (χ4v) is 1.26. The fourth-order valence-electron chi connectivity index (χ4n) is 1.26. The van der Waals surface area contributed by atoms with E-state index >= 15 is 0 Å². The van der Waals surface area contributed by atoms with E-state index in [0.717, 1.165) is 19.6 Å². The molecule has 0 saturated heterocycles. The normalized spacial score (nSPS) is 10.5. The van der Waals surface area contributed by atoms with Crippen LogP contribution in [0.5, 0.6) is 0 Å². The third-order valence-electron chi connectivity index (χ3n) is 1.87. The number of hydrogen-bond donors (Lipinski definition) is 1. The van der Waals surface area contributed by atoms with Crippen LogP contribution in [0.25, 0.3) is 0 Å². The maximum atomic E-state index is 3.31. The molecule has 2 heteroatoms. The average molecular weight is 166 g/mol. The van der Waals surface area contributed by atoms with Crippen LogP contribution in [0.1, 0.15) is 25.8 Å². The molecule has 1 aromatic heterocycles. The lowest BCUT2D eigenvalue weighted by atomic mass is 10.3. The van der Waals surface area contributed by atoms with E-state index in [1.54, 1.807) is 0 Å². The van der Waals surface area contributed by atoms with Crippen LogP contribution in [0.4, 0.5) is 0 Å². The predicted molar refractivity (Wildman–Crippen MR) is 52.1 cm³/mol. The first-order valence-electron chi connectivity index (χ1n) is 4.72. The molecule has 0 aliphatic rings. The van der Waals surface area contributed by atoms with Crippen LogP contribution in [0, 0.1) is 0 Å². The Morgan fingerprint density at radius 1 is 1.42 bits per heavy atom. The quantitative estimate of drug-likeness (QED) is 0.708. The van der Waals surface area contributed by atoms with Crippen LogP contribution < -0.4 is 5.32 Å². The zero-order valence-corrected chi connectivity index (χ0v) is 8.01. The molecule has 1 aromatic rings. The third kappa shape index (κ3) is 2.70. The van der Waals surface area contributed by atoms with Crippen molar-refractivity contribution in [1.82, 2.24) is 9.88 Å². The van der Waals surface area contributed by atoms with E-state index in [0.29, 0.717) is 0 Å². The molecule has 0 atom stereocenters. The summed E-state index contributed by atoms with van der Waals surface area (Å²) >= 11 is 0. The third-order valence-corrected chi connectivity index (χ3v) is 1.87. The van der Waals surface area contributed by atoms with E-state index < -0.39 is 0 Å². The Morgan fingerprint density at radius 2 is 2.25 bits per heavy atom. The van der Waals surface area contributed by atoms with E-state index in [-0.39, 0.29) is 0 Å². The van der Waals surface area contributed by atoms with E-state index in [1.165, 1.54) is 12.0 Å². The molecule has 12 heavy (non-hydrogen) atoms. The Labute approximate surface area is 74.6 Å². The van der Waals surface area contributed by atoms with Gasteiger partial charge in [-0.2, -0.15) is 0 Å². The van der Waals surface area contributed by atoms with Crippen molar-refractivity contribution < 1.29 is 0 Å². The SMILES string of the molecule is CCCn1ccc(CNCC)c1. The molecule has 0 unspecified atom stereocenters. The minimum atomic E-state index is 0.993. The van der Waals surface area contributed by atoms with Gasteiger partial charge in [0.25, 0.3) is 0 Å². The molecule has 0 spiro atoms. The Morgan fingerprint density at radius 3 is 2.92 bits per heavy atom. The van der Waals surface area contributed by atoms with Gasteiger partial charge in [0.15, 0.2) is 0 Å². The summed E-state index contributed by atoms with van der Waals surface area (Å²) < 4.78 is 2.24. The van der Waals surface area contributed by atoms with Crippen molar-refractivity contribution in [3.8, 4) is 0 Å². The van der Waals surface area contributed by atoms with Crippen molar-refractivity contribution in [3.05, 3.63) is 24.0 Å². The topological polar surface area (TPSA) is 17.0 Å². The van der Waals surface area contributed by atoms with Crippen LogP contribution in [-0.4, -0.2) is 11.1 Å². The molecule has 0 aromatic carbocycles. The zero-order chi connectivity index (χ0) is 8.81. The van der Waals surface area contributed by atoms with E-state index in [1.807, 2.05) is 0 Å². The lowest BCUT2D eigenvalue weighted by molar-refractivity contribution is 0.675. The van der Waals surface area contributed by atoms with Gasteiger partial charge in [0.2, 0.25) is 0 Å². The van der Waals surface area contributed by atoms with Crippen LogP contribution in [0.15, 0.2) is 18.5 Å². The van der Waals surface area contributed by atoms with Gasteiger partial charge in [0.1, 0.15) is 0 Å². The predicted octanol–water partition coefficient (Wildman–Crippen LogP) is 2.01. The molecule has 1 heterocycles. The minimum Gasteiger partial charge on any atom is -0.354 e. The maximum absolute atomic E-state index is 3.31. The Kier molecular flexibility index (Phi) is 3.88. The summed E-state index contributed by atoms with van der Waals surface area (Å²) in [5.74, 6) is 0. The first kappa shape index (κ1) is 9.33. The molecule has 1 N–H and O–H groups in total. The van der Waals surface area contributed by atoms with Gasteiger partial charge < -0.3 is 9.88 Å². The molecular formula is C10H18N2. The molecule has 1 rings (SSSR count). The first-order chi connectivity index (χ1) is 5.86. The van der Waals surface area contributed by atoms with Gasteiger partial charge in [-0.15, -0.1) is 0 Å². The fraction of sp³-hybridized carbons (Fsp3) is 0.600. The summed E-state index contributed by atoms with van der Waals surface area (Å²) in [7, 11) is 0. The summed E-state index contributed by atoms with van der Waals surface area (Å²) in [4.78, 5) is 0. The Hall–Kier alpha value is -0.760. The lowest BCUT2D eigenvalue weighted by Gasteiger charge is -1.98. The van der Waals surface area contributed by atoms with Crippen LogP contribution in [-0.2, 0) is 13.1 Å². The van der Waals surface area contributed by atoms with Crippen molar-refractivity contribution in [1.29, 1.82) is 0 Å². The second kappa shape index (κ2) is 4.99. The number of nitrogens with zero attached hydrogens (tertiary/aromatic N) is 1. The molecule has 0 fully saturated rings. The van der Waals surface area contributed by atoms with Gasteiger partial charge in [-0.3, -0.25) is 0 Å². The van der Waals surface area contributed by atoms with Gasteiger partial charge in [0.05, 0.1) is 0 Å². The number of hydrogen-bond acceptors (Lipinski definition) is 1. The van der Waals surface area contributed by atoms with Gasteiger partial charge >= 0.3 is 0 Å². The molecule has 0 amide bonds. The van der Waals surface area contributed by atoms with Crippen LogP contribution >= 0.6 is 0 Å². The molecule has 2 nitrogen and oxygen atoms in total. The summed E-state index contributed by atoms with van der Waals surface area (Å²) in [5, 5.41) is 3.31. The average Bonchev–Trinajstić information content (AvgIpc) is 2.50. The van der Waals surface area contributed by atoms with Crippen molar-refractivity contribution in [2.75, 3.05) is 6.54 Å². The van der Waals surface area contributed by atoms with Crippen molar-refractivity contribution in [3.63, 3.8) is 0 Å². The lowest BCUT2D eigenvalue weighted by Crippen LogP contribution is -2.11. The number of nitrogens with one attached hydrogen (secondary N) is 1. The molecule has 0 aliphatic heterocycles. The monoisotopic (exact) mass is 166 g/mol. The van der Waals surface area contributed by atoms with Gasteiger partial charge in [-0.1, -0.05) is 13.8 Å². The summed E-state index contributed by atoms with van der Waals surface area (Å²) in [6.07, 6.45) is 5.57. The zero-order valence-electron chi connectivity index (χ0n) is 8.01. The summed E-state index contributed by atoms with van der Waals surface area (Å²) in [5.41, 5.74) is 1.38. The molecule has 68 valence electrons. The van der Waals surface area contributed by atoms with Crippen molar-refractivity contribution in [2.24, 2.45) is 0 Å². The van der Waals surface area contributed by atoms with Crippen molar-refractivity contribution >= 4 is 0 Å². The van der Waals surface area contributed by atoms with Crippen LogP contribution in [0.3, 0.4) is 0 Å². The highest BCUT2D eigenvalue weighted by Gasteiger charge is 1.94. The van der Waals surface area contributed by atoms with Gasteiger partial charge in [-0.05, 0) is 24.6 Å². The number of aryl methyl sites for hydroxylation is 1. The summed E-state index contributed by atoms with van der Waals surface area (Å²) in [6, 6.07) is 2.18. The standard InChI is InChI=1S/C10H18N2/c1-3-6-12-7-5-10(9-12)8-11-4-2/h5,7,9,11H,3-4,6,8H2,1-2H3. The Bertz CT molecular complexity index is 215. The van der Waals surface area contributed by atoms with E-state index in [9.17, 15) is 0 Å². The molecule has 0 radical (unpaired) electrons. The Balaban J connectivity index is 2.41. The smallest absolute Gasteiger partial charge is 0.0220 e. The largest absolute Gasteiger partial charge is 0.354 e. The maximum Gasteiger partial charge on any atom is 0.0220 e. The molecule has 0 bridgehead atoms. The molecular weight excluding hydrogens is 148 g/mol. The van der Waals surface area contributed by atoms with E-state index in [4.69, 9.17) is 0 Å². The number of rotatable bonds is 5. The second-order valence-corrected chi connectivity index (χ2v) is 3.04. The highest BCUT2D eigenvalue weighted by Crippen LogP contribution is 2.01. The second-order valence-electron chi connectivity index (χ2n) is 3.04. The molecule has 0 saturated carbocycles. The first-order valence-corrected chi connectivity index (χ1v) is 4.72. The highest BCUT2D eigenvalue weighted by atomic mass is 14.9. The van der Waals surface area contributed by atoms with E-state index in [2.05, 4.69) is 42.2 Å². The minimum absolute atomic E-state index is 0.993. The van der Waals surface area contributed by atoms with Gasteiger partial charge in [-0.25, -0.2) is 0 Å². The van der Waals surface area contributed by atoms with Crippen molar-refractivity contribution in [2.45, 2.75) is 33.4 Å². The highest BCUT2D eigenvalue weighted by molar-refractivity contribution is 5.09. The summed E-state index contributed by atoms with van der Waals surface area (Å²) in [6.45, 7) is 7.49. The molecule has 0 aliphatic carbocycles. The number of aromatic nitrogens is 1.